The Morgan fingerprint density at radius 1 is 0.346 bits per heavy atom. The van der Waals surface area contributed by atoms with Gasteiger partial charge in [0.2, 0.25) is 0 Å². The van der Waals surface area contributed by atoms with Crippen molar-refractivity contribution < 1.29 is 15.2 Å². The quantitative estimate of drug-likeness (QED) is 0.132. The molecule has 0 amide bonds. The molecule has 0 N–H and O–H groups in total. The van der Waals surface area contributed by atoms with Gasteiger partial charge in [0, 0.05) is 22.2 Å². The van der Waals surface area contributed by atoms with Crippen molar-refractivity contribution in [3.8, 4) is 45.3 Å². The van der Waals surface area contributed by atoms with Crippen LogP contribution in [0.1, 0.15) is 11.4 Å². The Balaban J connectivity index is 0.000000162. The van der Waals surface area contributed by atoms with Crippen LogP contribution in [0.15, 0.2) is 170 Å². The lowest BCUT2D eigenvalue weighted by atomic mass is 10.1. The SMILES string of the molecule is Cc1ccc2cccc([O][Al][O]c3ccc(-c4ccccc4)cc3)c2n1.Cc1ccc2cccc([O][Al][O]c3ccc(-c4ccccc4)cc3)c2n1. The minimum absolute atomic E-state index is 0.665. The topological polar surface area (TPSA) is 62.7 Å². The Bertz CT molecular complexity index is 2200. The summed E-state index contributed by atoms with van der Waals surface area (Å²) in [5, 5.41) is 2.14. The van der Waals surface area contributed by atoms with E-state index in [9.17, 15) is 0 Å². The smallest absolute Gasteiger partial charge is 0.616 e. The first-order chi connectivity index (χ1) is 25.6. The van der Waals surface area contributed by atoms with E-state index in [0.717, 1.165) is 56.2 Å². The van der Waals surface area contributed by atoms with Crippen LogP contribution in [0, 0.1) is 13.8 Å². The van der Waals surface area contributed by atoms with Gasteiger partial charge in [-0.3, -0.25) is 0 Å². The Kier molecular flexibility index (Phi) is 11.4. The van der Waals surface area contributed by atoms with Gasteiger partial charge in [-0.15, -0.1) is 0 Å². The molecule has 0 fully saturated rings. The number of aromatic nitrogens is 2. The van der Waals surface area contributed by atoms with Crippen molar-refractivity contribution in [3.63, 3.8) is 0 Å². The molecule has 8 aromatic rings. The van der Waals surface area contributed by atoms with Gasteiger partial charge < -0.3 is 15.2 Å². The van der Waals surface area contributed by atoms with Gasteiger partial charge in [0.25, 0.3) is 0 Å². The molecule has 2 radical (unpaired) electrons. The van der Waals surface area contributed by atoms with Crippen LogP contribution in [0.3, 0.4) is 0 Å². The number of benzene rings is 6. The van der Waals surface area contributed by atoms with Crippen LogP contribution >= 0.6 is 0 Å². The molecule has 6 aromatic carbocycles. The van der Waals surface area contributed by atoms with E-state index in [4.69, 9.17) is 15.2 Å². The van der Waals surface area contributed by atoms with Crippen LogP contribution in [-0.2, 0) is 0 Å². The third kappa shape index (κ3) is 9.00. The van der Waals surface area contributed by atoms with Crippen molar-refractivity contribution in [3.05, 3.63) is 181 Å². The second-order valence-corrected chi connectivity index (χ2v) is 13.3. The second kappa shape index (κ2) is 17.1. The summed E-state index contributed by atoms with van der Waals surface area (Å²) < 4.78 is 23.4. The molecule has 0 saturated carbocycles. The minimum Gasteiger partial charge on any atom is -0.616 e. The summed E-state index contributed by atoms with van der Waals surface area (Å²) in [4.78, 5) is 9.16. The van der Waals surface area contributed by atoms with Crippen LogP contribution < -0.4 is 15.2 Å². The van der Waals surface area contributed by atoms with Gasteiger partial charge in [-0.2, -0.15) is 0 Å². The largest absolute Gasteiger partial charge is 0.881 e. The lowest BCUT2D eigenvalue weighted by Crippen LogP contribution is -2.11. The minimum atomic E-state index is -0.665. The van der Waals surface area contributed by atoms with Crippen LogP contribution in [0.25, 0.3) is 44.1 Å². The van der Waals surface area contributed by atoms with Crippen LogP contribution in [0.2, 0.25) is 0 Å². The number of hydrogen-bond acceptors (Lipinski definition) is 6. The average Bonchev–Trinajstić information content (AvgIpc) is 3.20. The molecule has 250 valence electrons. The van der Waals surface area contributed by atoms with E-state index >= 15 is 0 Å². The molecule has 2 heterocycles. The van der Waals surface area contributed by atoms with Gasteiger partial charge in [0.1, 0.15) is 22.5 Å². The normalized spacial score (nSPS) is 10.5. The van der Waals surface area contributed by atoms with Crippen molar-refractivity contribution in [2.24, 2.45) is 0 Å². The molecular formula is C44H34Al2N2O4. The van der Waals surface area contributed by atoms with Crippen LogP contribution in [0.5, 0.6) is 23.0 Å². The summed E-state index contributed by atoms with van der Waals surface area (Å²) in [6.45, 7) is 3.96. The zero-order chi connectivity index (χ0) is 35.5. The summed E-state index contributed by atoms with van der Waals surface area (Å²) in [6, 6.07) is 56.8. The van der Waals surface area contributed by atoms with Crippen molar-refractivity contribution >= 4 is 53.6 Å². The van der Waals surface area contributed by atoms with Gasteiger partial charge >= 0.3 is 31.8 Å². The standard InChI is InChI=1S/2C12H10O.2C10H9NO.2Al/c2*13-12-8-6-11(7-9-12)10-4-2-1-3-5-10;2*1-7-5-6-8-3-2-4-9(12)10(8)11-7;;/h2*1-9,13H;2*2-6,12H,1H3;;/q;;;;2*+2/p-4. The predicted octanol–water partition coefficient (Wildman–Crippen LogP) is 10.4. The fourth-order valence-electron chi connectivity index (χ4n) is 5.60. The van der Waals surface area contributed by atoms with Crippen molar-refractivity contribution in [1.82, 2.24) is 9.97 Å². The number of fused-ring (bicyclic) bond motifs is 2. The summed E-state index contributed by atoms with van der Waals surface area (Å²) >= 11 is -1.33. The van der Waals surface area contributed by atoms with E-state index in [1.165, 1.54) is 22.3 Å². The first-order valence-corrected chi connectivity index (χ1v) is 18.8. The molecule has 8 rings (SSSR count). The monoisotopic (exact) mass is 708 g/mol. The summed E-state index contributed by atoms with van der Waals surface area (Å²) in [5.41, 5.74) is 8.43. The molecule has 0 bridgehead atoms. The van der Waals surface area contributed by atoms with Crippen molar-refractivity contribution in [1.29, 1.82) is 0 Å². The van der Waals surface area contributed by atoms with Gasteiger partial charge in [-0.1, -0.05) is 121 Å². The van der Waals surface area contributed by atoms with E-state index in [2.05, 4.69) is 70.6 Å². The number of nitrogens with zero attached hydrogens (tertiary/aromatic N) is 2. The highest BCUT2D eigenvalue weighted by molar-refractivity contribution is 6.21. The van der Waals surface area contributed by atoms with Gasteiger partial charge in [-0.25, -0.2) is 9.97 Å². The molecule has 0 aliphatic carbocycles. The molecule has 0 aliphatic rings. The molecule has 0 saturated heterocycles. The molecule has 52 heavy (non-hydrogen) atoms. The maximum absolute atomic E-state index is 5.89. The lowest BCUT2D eigenvalue weighted by molar-refractivity contribution is 0.460. The molecule has 0 aliphatic heterocycles. The Morgan fingerprint density at radius 3 is 1.13 bits per heavy atom. The number of rotatable bonds is 10. The van der Waals surface area contributed by atoms with Crippen LogP contribution in [-0.4, -0.2) is 41.7 Å². The number of pyridine rings is 2. The second-order valence-electron chi connectivity index (χ2n) is 12.0. The van der Waals surface area contributed by atoms with Gasteiger partial charge in [0.05, 0.1) is 11.5 Å². The van der Waals surface area contributed by atoms with E-state index in [-0.39, 0.29) is 0 Å². The average molecular weight is 709 g/mol. The highest BCUT2D eigenvalue weighted by atomic mass is 27.2. The zero-order valence-electron chi connectivity index (χ0n) is 28.8. The number of para-hydroxylation sites is 2. The fourth-order valence-corrected chi connectivity index (χ4v) is 6.82. The van der Waals surface area contributed by atoms with E-state index in [1.807, 2.05) is 123 Å². The fraction of sp³-hybridized carbons (Fsp3) is 0.0455. The van der Waals surface area contributed by atoms with E-state index in [0.29, 0.717) is 0 Å². The maximum Gasteiger partial charge on any atom is 0.881 e. The summed E-state index contributed by atoms with van der Waals surface area (Å²) in [5.74, 6) is 3.15. The summed E-state index contributed by atoms with van der Waals surface area (Å²) in [7, 11) is 0. The highest BCUT2D eigenvalue weighted by Crippen LogP contribution is 2.27. The third-order valence-corrected chi connectivity index (χ3v) is 9.72. The van der Waals surface area contributed by atoms with Crippen LogP contribution in [0.4, 0.5) is 0 Å². The zero-order valence-corrected chi connectivity index (χ0v) is 31.2. The number of aryl methyl sites for hydroxylation is 2. The first kappa shape index (κ1) is 34.8. The number of hydrogen-bond donors (Lipinski definition) is 0. The lowest BCUT2D eigenvalue weighted by Gasteiger charge is -2.11. The van der Waals surface area contributed by atoms with E-state index < -0.39 is 31.8 Å². The molecule has 0 spiro atoms. The van der Waals surface area contributed by atoms with Gasteiger partial charge in [-0.05, 0) is 84.6 Å². The predicted molar refractivity (Wildman–Crippen MR) is 211 cm³/mol. The molecule has 0 atom stereocenters. The molecular weight excluding hydrogens is 674 g/mol. The summed E-state index contributed by atoms with van der Waals surface area (Å²) in [6.07, 6.45) is 0. The Labute approximate surface area is 317 Å². The maximum atomic E-state index is 5.89. The third-order valence-electron chi connectivity index (χ3n) is 8.29. The molecule has 6 nitrogen and oxygen atoms in total. The Hall–Kier alpha value is -5.60. The molecule has 2 aromatic heterocycles. The van der Waals surface area contributed by atoms with Crippen molar-refractivity contribution in [2.75, 3.05) is 0 Å². The van der Waals surface area contributed by atoms with E-state index in [1.54, 1.807) is 0 Å². The Morgan fingerprint density at radius 2 is 0.731 bits per heavy atom. The highest BCUT2D eigenvalue weighted by Gasteiger charge is 2.11. The molecule has 0 unspecified atom stereocenters. The van der Waals surface area contributed by atoms with Crippen molar-refractivity contribution in [2.45, 2.75) is 13.8 Å². The molecule has 8 heteroatoms. The first-order valence-electron chi connectivity index (χ1n) is 16.9. The van der Waals surface area contributed by atoms with Gasteiger partial charge in [0.15, 0.2) is 0 Å².